The summed E-state index contributed by atoms with van der Waals surface area (Å²) in [7, 11) is 0. The first-order chi connectivity index (χ1) is 12.2. The van der Waals surface area contributed by atoms with Crippen LogP contribution in [0.2, 0.25) is 0 Å². The van der Waals surface area contributed by atoms with Crippen LogP contribution in [-0.2, 0) is 9.59 Å². The van der Waals surface area contributed by atoms with Crippen molar-refractivity contribution in [2.24, 2.45) is 0 Å². The predicted octanol–water partition coefficient (Wildman–Crippen LogP) is 2.03. The number of benzene rings is 1. The molecule has 1 fully saturated rings. The van der Waals surface area contributed by atoms with Gasteiger partial charge < -0.3 is 14.9 Å². The fraction of sp³-hybridized carbons (Fsp3) is 0.471. The van der Waals surface area contributed by atoms with Crippen LogP contribution in [0, 0.1) is 17.5 Å². The number of aliphatic carboxylic acids is 1. The minimum atomic E-state index is -1.27. The standard InChI is InChI=1S/C17H19F3N2O4/c1-10(23)22(9-15(24)25)12-3-2-5-21(6-4-12)17(26)16-13(19)7-11(18)8-14(16)20/h7-8,12H,2-6,9H2,1H3,(H,24,25). The van der Waals surface area contributed by atoms with Crippen molar-refractivity contribution < 1.29 is 32.7 Å². The third kappa shape index (κ3) is 4.53. The quantitative estimate of drug-likeness (QED) is 0.877. The highest BCUT2D eigenvalue weighted by Crippen LogP contribution is 2.22. The molecule has 1 aromatic carbocycles. The molecule has 1 unspecified atom stereocenters. The van der Waals surface area contributed by atoms with Gasteiger partial charge in [-0.1, -0.05) is 0 Å². The number of halogens is 3. The number of nitrogens with zero attached hydrogens (tertiary/aromatic N) is 2. The third-order valence-electron chi connectivity index (χ3n) is 4.36. The molecule has 1 N–H and O–H groups in total. The Morgan fingerprint density at radius 1 is 1.15 bits per heavy atom. The fourth-order valence-corrected chi connectivity index (χ4v) is 3.14. The number of rotatable bonds is 4. The number of carbonyl (C=O) groups is 3. The van der Waals surface area contributed by atoms with Crippen molar-refractivity contribution in [2.45, 2.75) is 32.2 Å². The lowest BCUT2D eigenvalue weighted by Crippen LogP contribution is -2.43. The summed E-state index contributed by atoms with van der Waals surface area (Å²) in [4.78, 5) is 37.5. The molecule has 1 aliphatic rings. The molecule has 1 saturated heterocycles. The van der Waals surface area contributed by atoms with Crippen molar-refractivity contribution in [2.75, 3.05) is 19.6 Å². The Labute approximate surface area is 148 Å². The molecule has 1 aromatic rings. The SMILES string of the molecule is CC(=O)N(CC(=O)O)C1CCCN(C(=O)c2c(F)cc(F)cc2F)CC1. The van der Waals surface area contributed by atoms with Crippen LogP contribution in [0.5, 0.6) is 0 Å². The molecule has 26 heavy (non-hydrogen) atoms. The first kappa shape index (κ1) is 19.7. The third-order valence-corrected chi connectivity index (χ3v) is 4.36. The van der Waals surface area contributed by atoms with E-state index in [0.717, 1.165) is 0 Å². The Kier molecular flexibility index (Phi) is 6.23. The molecule has 0 bridgehead atoms. The predicted molar refractivity (Wildman–Crippen MR) is 84.9 cm³/mol. The highest BCUT2D eigenvalue weighted by Gasteiger charge is 2.30. The van der Waals surface area contributed by atoms with Crippen LogP contribution >= 0.6 is 0 Å². The van der Waals surface area contributed by atoms with Crippen LogP contribution < -0.4 is 0 Å². The molecule has 2 amide bonds. The van der Waals surface area contributed by atoms with Crippen molar-refractivity contribution in [3.05, 3.63) is 35.1 Å². The van der Waals surface area contributed by atoms with Gasteiger partial charge in [0.1, 0.15) is 29.6 Å². The molecule has 6 nitrogen and oxygen atoms in total. The first-order valence-corrected chi connectivity index (χ1v) is 8.13. The summed E-state index contributed by atoms with van der Waals surface area (Å²) in [5.41, 5.74) is -0.821. The summed E-state index contributed by atoms with van der Waals surface area (Å²) < 4.78 is 40.7. The van der Waals surface area contributed by atoms with Gasteiger partial charge in [-0.2, -0.15) is 0 Å². The Bertz CT molecular complexity index is 703. The van der Waals surface area contributed by atoms with Gasteiger partial charge in [0, 0.05) is 38.2 Å². The van der Waals surface area contributed by atoms with Crippen LogP contribution in [-0.4, -0.2) is 58.4 Å². The van der Waals surface area contributed by atoms with Crippen molar-refractivity contribution in [3.63, 3.8) is 0 Å². The van der Waals surface area contributed by atoms with E-state index in [9.17, 15) is 27.6 Å². The van der Waals surface area contributed by atoms with Crippen molar-refractivity contribution in [1.82, 2.24) is 9.80 Å². The Morgan fingerprint density at radius 3 is 2.31 bits per heavy atom. The van der Waals surface area contributed by atoms with Gasteiger partial charge in [0.25, 0.3) is 5.91 Å². The Balaban J connectivity index is 2.14. The topological polar surface area (TPSA) is 77.9 Å². The number of hydrogen-bond donors (Lipinski definition) is 1. The molecule has 1 heterocycles. The van der Waals surface area contributed by atoms with Crippen molar-refractivity contribution in [3.8, 4) is 0 Å². The van der Waals surface area contributed by atoms with E-state index in [1.807, 2.05) is 0 Å². The molecule has 0 saturated carbocycles. The van der Waals surface area contributed by atoms with Crippen LogP contribution in [0.25, 0.3) is 0 Å². The molecule has 0 spiro atoms. The maximum Gasteiger partial charge on any atom is 0.323 e. The van der Waals surface area contributed by atoms with Crippen molar-refractivity contribution in [1.29, 1.82) is 0 Å². The fourth-order valence-electron chi connectivity index (χ4n) is 3.14. The van der Waals surface area contributed by atoms with Gasteiger partial charge in [-0.25, -0.2) is 13.2 Å². The summed E-state index contributed by atoms with van der Waals surface area (Å²) in [6.07, 6.45) is 1.18. The molecule has 1 aliphatic heterocycles. The van der Waals surface area contributed by atoms with E-state index in [2.05, 4.69) is 0 Å². The molecule has 0 radical (unpaired) electrons. The monoisotopic (exact) mass is 372 g/mol. The second-order valence-corrected chi connectivity index (χ2v) is 6.16. The van der Waals surface area contributed by atoms with Gasteiger partial charge in [-0.3, -0.25) is 14.4 Å². The lowest BCUT2D eigenvalue weighted by molar-refractivity contribution is -0.145. The van der Waals surface area contributed by atoms with E-state index in [1.54, 1.807) is 0 Å². The van der Waals surface area contributed by atoms with Gasteiger partial charge in [0.05, 0.1) is 0 Å². The normalized spacial score (nSPS) is 17.5. The number of carboxylic acids is 1. The lowest BCUT2D eigenvalue weighted by atomic mass is 10.1. The highest BCUT2D eigenvalue weighted by atomic mass is 19.1. The van der Waals surface area contributed by atoms with E-state index in [-0.39, 0.29) is 25.6 Å². The zero-order valence-corrected chi connectivity index (χ0v) is 14.2. The zero-order valence-electron chi connectivity index (χ0n) is 14.2. The first-order valence-electron chi connectivity index (χ1n) is 8.13. The number of carboxylic acid groups (broad SMARTS) is 1. The minimum absolute atomic E-state index is 0.100. The molecule has 0 aliphatic carbocycles. The maximum atomic E-state index is 13.8. The van der Waals surface area contributed by atoms with E-state index >= 15 is 0 Å². The van der Waals surface area contributed by atoms with Gasteiger partial charge in [0.2, 0.25) is 5.91 Å². The highest BCUT2D eigenvalue weighted by molar-refractivity contribution is 5.94. The van der Waals surface area contributed by atoms with E-state index < -0.39 is 47.3 Å². The zero-order chi connectivity index (χ0) is 19.4. The van der Waals surface area contributed by atoms with E-state index in [0.29, 0.717) is 25.0 Å². The summed E-state index contributed by atoms with van der Waals surface area (Å²) in [6, 6.07) is 0.507. The van der Waals surface area contributed by atoms with Crippen LogP contribution in [0.3, 0.4) is 0 Å². The molecule has 1 atom stereocenters. The number of hydrogen-bond acceptors (Lipinski definition) is 3. The molecule has 9 heteroatoms. The van der Waals surface area contributed by atoms with Crippen LogP contribution in [0.4, 0.5) is 13.2 Å². The number of amides is 2. The summed E-state index contributed by atoms with van der Waals surface area (Å²) in [5.74, 6) is -6.10. The average Bonchev–Trinajstić information content (AvgIpc) is 2.77. The lowest BCUT2D eigenvalue weighted by Gasteiger charge is -2.28. The Morgan fingerprint density at radius 2 is 1.77 bits per heavy atom. The summed E-state index contributed by atoms with van der Waals surface area (Å²) in [5, 5.41) is 8.93. The van der Waals surface area contributed by atoms with Gasteiger partial charge >= 0.3 is 5.97 Å². The second-order valence-electron chi connectivity index (χ2n) is 6.16. The minimum Gasteiger partial charge on any atom is -0.480 e. The second kappa shape index (κ2) is 8.20. The molecule has 2 rings (SSSR count). The summed E-state index contributed by atoms with van der Waals surface area (Å²) in [6.45, 7) is 1.11. The molecular formula is C17H19F3N2O4. The van der Waals surface area contributed by atoms with Crippen molar-refractivity contribution >= 4 is 17.8 Å². The number of carbonyl (C=O) groups excluding carboxylic acids is 2. The summed E-state index contributed by atoms with van der Waals surface area (Å²) >= 11 is 0. The van der Waals surface area contributed by atoms with Crippen LogP contribution in [0.1, 0.15) is 36.5 Å². The van der Waals surface area contributed by atoms with Gasteiger partial charge in [-0.15, -0.1) is 0 Å². The van der Waals surface area contributed by atoms with Crippen LogP contribution in [0.15, 0.2) is 12.1 Å². The average molecular weight is 372 g/mol. The molecule has 142 valence electrons. The molecule has 0 aromatic heterocycles. The maximum absolute atomic E-state index is 13.8. The smallest absolute Gasteiger partial charge is 0.323 e. The van der Waals surface area contributed by atoms with E-state index in [4.69, 9.17) is 5.11 Å². The molecular weight excluding hydrogens is 353 g/mol. The Hall–Kier alpha value is -2.58. The number of likely N-dealkylation sites (tertiary alicyclic amines) is 1. The van der Waals surface area contributed by atoms with E-state index in [1.165, 1.54) is 16.7 Å². The van der Waals surface area contributed by atoms with Gasteiger partial charge in [0.15, 0.2) is 0 Å². The van der Waals surface area contributed by atoms with Gasteiger partial charge in [-0.05, 0) is 19.3 Å². The largest absolute Gasteiger partial charge is 0.480 e.